The van der Waals surface area contributed by atoms with E-state index in [-0.39, 0.29) is 0 Å². The van der Waals surface area contributed by atoms with Crippen LogP contribution in [0.3, 0.4) is 0 Å². The minimum Gasteiger partial charge on any atom is -0.385 e. The van der Waals surface area contributed by atoms with Crippen molar-refractivity contribution in [1.82, 2.24) is 0 Å². The van der Waals surface area contributed by atoms with Gasteiger partial charge in [-0.2, -0.15) is 0 Å². The number of unbranched alkanes of at least 4 members (excludes halogenated alkanes) is 28. The smallest absolute Gasteiger partial charge is 0.0340 e. The topological polar surface area (TPSA) is 38.0 Å². The van der Waals surface area contributed by atoms with Gasteiger partial charge in [0.2, 0.25) is 0 Å². The Bertz CT molecular complexity index is 625. The molecule has 2 heteroatoms. The van der Waals surface area contributed by atoms with Gasteiger partial charge < -0.3 is 11.1 Å². The summed E-state index contributed by atoms with van der Waals surface area (Å²) in [6.45, 7) is 4.29. The average Bonchev–Trinajstić information content (AvgIpc) is 3.01. The van der Waals surface area contributed by atoms with Gasteiger partial charge >= 0.3 is 0 Å². The van der Waals surface area contributed by atoms with E-state index >= 15 is 0 Å². The zero-order valence-corrected chi connectivity index (χ0v) is 28.7. The predicted octanol–water partition coefficient (Wildman–Crippen LogP) is 13.3. The van der Waals surface area contributed by atoms with Crippen LogP contribution in [0.5, 0.6) is 0 Å². The molecule has 0 spiro atoms. The van der Waals surface area contributed by atoms with Crippen LogP contribution in [0.15, 0.2) is 24.3 Å². The Morgan fingerprint density at radius 3 is 1.12 bits per heavy atom. The molecule has 0 radical (unpaired) electrons. The molecular weight excluding hydrogens is 508 g/mol. The molecule has 2 nitrogen and oxygen atoms in total. The third-order valence-corrected chi connectivity index (χ3v) is 9.23. The fourth-order valence-electron chi connectivity index (χ4n) is 6.29. The highest BCUT2D eigenvalue weighted by atomic mass is 14.9. The van der Waals surface area contributed by atoms with Gasteiger partial charge in [-0.15, -0.1) is 0 Å². The molecule has 246 valence electrons. The van der Waals surface area contributed by atoms with E-state index in [4.69, 9.17) is 5.73 Å². The summed E-state index contributed by atoms with van der Waals surface area (Å²) in [6, 6.07) is 9.27. The van der Waals surface area contributed by atoms with Crippen molar-refractivity contribution in [3.63, 3.8) is 0 Å². The lowest BCUT2D eigenvalue weighted by molar-refractivity contribution is 0.529. The Kier molecular flexibility index (Phi) is 30.5. The molecule has 0 fully saturated rings. The van der Waals surface area contributed by atoms with Crippen molar-refractivity contribution in [3.8, 4) is 0 Å². The third kappa shape index (κ3) is 27.8. The Hall–Kier alpha value is -1.02. The highest BCUT2D eigenvalue weighted by molar-refractivity contribution is 5.44. The number of hydrogen-bond donors (Lipinski definition) is 2. The molecule has 0 atom stereocenters. The largest absolute Gasteiger partial charge is 0.385 e. The molecule has 1 rings (SSSR count). The molecule has 42 heavy (non-hydrogen) atoms. The summed E-state index contributed by atoms with van der Waals surface area (Å²) in [5.74, 6) is 0. The second-order valence-electron chi connectivity index (χ2n) is 13.4. The summed E-state index contributed by atoms with van der Waals surface area (Å²) >= 11 is 0. The summed E-state index contributed by atoms with van der Waals surface area (Å²) in [5.41, 5.74) is 8.36. The quantitative estimate of drug-likeness (QED) is 0.0791. The van der Waals surface area contributed by atoms with Gasteiger partial charge in [0.05, 0.1) is 0 Å². The molecule has 0 amide bonds. The van der Waals surface area contributed by atoms with Crippen LogP contribution in [0, 0.1) is 0 Å². The van der Waals surface area contributed by atoms with Crippen LogP contribution in [-0.4, -0.2) is 13.1 Å². The van der Waals surface area contributed by atoms with Crippen molar-refractivity contribution in [1.29, 1.82) is 0 Å². The molecule has 0 saturated carbocycles. The van der Waals surface area contributed by atoms with Gasteiger partial charge in [-0.25, -0.2) is 0 Å². The second kappa shape index (κ2) is 32.9. The fraction of sp³-hybridized carbons (Fsp3) is 0.850. The molecule has 0 unspecified atom stereocenters. The lowest BCUT2D eigenvalue weighted by Crippen LogP contribution is -2.01. The van der Waals surface area contributed by atoms with E-state index in [0.29, 0.717) is 0 Å². The Labute approximate surface area is 265 Å². The molecule has 0 aliphatic rings. The second-order valence-corrected chi connectivity index (χ2v) is 13.4. The number of hydrogen-bond acceptors (Lipinski definition) is 2. The molecule has 3 N–H and O–H groups in total. The molecule has 0 bridgehead atoms. The van der Waals surface area contributed by atoms with Gasteiger partial charge in [0.1, 0.15) is 0 Å². The monoisotopic (exact) mass is 585 g/mol. The van der Waals surface area contributed by atoms with E-state index in [2.05, 4.69) is 36.5 Å². The first kappa shape index (κ1) is 39.0. The summed E-state index contributed by atoms with van der Waals surface area (Å²) in [4.78, 5) is 0. The maximum absolute atomic E-state index is 5.55. The van der Waals surface area contributed by atoms with E-state index in [9.17, 15) is 0 Å². The van der Waals surface area contributed by atoms with E-state index < -0.39 is 0 Å². The Morgan fingerprint density at radius 1 is 0.405 bits per heavy atom. The highest BCUT2D eigenvalue weighted by Gasteiger charge is 1.99. The summed E-state index contributed by atoms with van der Waals surface area (Å²) in [5, 5.41) is 3.64. The molecule has 0 aromatic heterocycles. The van der Waals surface area contributed by atoms with Crippen LogP contribution in [0.1, 0.15) is 205 Å². The third-order valence-electron chi connectivity index (χ3n) is 9.23. The van der Waals surface area contributed by atoms with E-state index in [0.717, 1.165) is 13.1 Å². The minimum atomic E-state index is 0.867. The normalized spacial score (nSPS) is 11.4. The summed E-state index contributed by atoms with van der Waals surface area (Å²) in [6.07, 6.45) is 43.8. The van der Waals surface area contributed by atoms with Gasteiger partial charge in [0, 0.05) is 12.2 Å². The van der Waals surface area contributed by atoms with Crippen molar-refractivity contribution < 1.29 is 0 Å². The van der Waals surface area contributed by atoms with Gasteiger partial charge in [-0.1, -0.05) is 192 Å². The number of aryl methyl sites for hydroxylation is 1. The van der Waals surface area contributed by atoms with Crippen LogP contribution in [0.25, 0.3) is 0 Å². The number of rotatable bonds is 34. The predicted molar refractivity (Wildman–Crippen MR) is 192 cm³/mol. The first-order valence-corrected chi connectivity index (χ1v) is 19.4. The van der Waals surface area contributed by atoms with Crippen LogP contribution in [0.4, 0.5) is 5.69 Å². The van der Waals surface area contributed by atoms with E-state index in [1.54, 1.807) is 0 Å². The minimum absolute atomic E-state index is 0.867. The first-order chi connectivity index (χ1) is 20.9. The average molecular weight is 585 g/mol. The zero-order valence-electron chi connectivity index (χ0n) is 28.7. The van der Waals surface area contributed by atoms with Crippen molar-refractivity contribution in [2.45, 2.75) is 206 Å². The Morgan fingerprint density at radius 2 is 0.738 bits per heavy atom. The number of nitrogens with one attached hydrogen (secondary N) is 1. The van der Waals surface area contributed by atoms with Gasteiger partial charge in [-0.05, 0) is 49.9 Å². The molecular formula is C40H76N2. The van der Waals surface area contributed by atoms with Crippen molar-refractivity contribution in [2.75, 3.05) is 18.4 Å². The maximum Gasteiger partial charge on any atom is 0.0340 e. The molecule has 0 aliphatic carbocycles. The summed E-state index contributed by atoms with van der Waals surface area (Å²) in [7, 11) is 0. The molecule has 0 heterocycles. The molecule has 1 aromatic carbocycles. The fourth-order valence-corrected chi connectivity index (χ4v) is 6.29. The maximum atomic E-state index is 5.55. The lowest BCUT2D eigenvalue weighted by atomic mass is 10.0. The van der Waals surface area contributed by atoms with Gasteiger partial charge in [0.25, 0.3) is 0 Å². The number of benzene rings is 1. The number of nitrogens with two attached hydrogens (primary N) is 1. The van der Waals surface area contributed by atoms with Crippen LogP contribution < -0.4 is 11.1 Å². The molecule has 1 aromatic rings. The zero-order chi connectivity index (χ0) is 30.0. The van der Waals surface area contributed by atoms with E-state index in [1.807, 2.05) is 0 Å². The molecule has 0 aliphatic heterocycles. The van der Waals surface area contributed by atoms with Crippen molar-refractivity contribution >= 4 is 5.69 Å². The van der Waals surface area contributed by atoms with Crippen molar-refractivity contribution in [3.05, 3.63) is 29.8 Å². The SMILES string of the molecule is CCCCCCCCCCCCCCCCc1ccc(NCCCCCCCCCCCCCCCCCCN)cc1. The summed E-state index contributed by atoms with van der Waals surface area (Å²) < 4.78 is 0. The van der Waals surface area contributed by atoms with Crippen molar-refractivity contribution in [2.24, 2.45) is 5.73 Å². The van der Waals surface area contributed by atoms with E-state index in [1.165, 1.54) is 210 Å². The van der Waals surface area contributed by atoms with Gasteiger partial charge in [0.15, 0.2) is 0 Å². The van der Waals surface area contributed by atoms with Crippen LogP contribution in [-0.2, 0) is 6.42 Å². The highest BCUT2D eigenvalue weighted by Crippen LogP contribution is 2.17. The molecule has 0 saturated heterocycles. The van der Waals surface area contributed by atoms with Crippen LogP contribution in [0.2, 0.25) is 0 Å². The van der Waals surface area contributed by atoms with Crippen LogP contribution >= 0.6 is 0 Å². The number of anilines is 1. The Balaban J connectivity index is 1.80. The van der Waals surface area contributed by atoms with Gasteiger partial charge in [-0.3, -0.25) is 0 Å². The lowest BCUT2D eigenvalue weighted by Gasteiger charge is -2.08. The standard InChI is InChI=1S/C40H76N2/c1-2-3-4-5-6-7-8-9-14-17-20-23-26-29-32-39-33-35-40(36-34-39)42-38-31-28-25-22-19-16-13-11-10-12-15-18-21-24-27-30-37-41/h33-36,42H,2-32,37-38,41H2,1H3. The first-order valence-electron chi connectivity index (χ1n) is 19.4.